The van der Waals surface area contributed by atoms with Crippen LogP contribution < -0.4 is 0 Å². The molecule has 1 aliphatic carbocycles. The number of nitrogens with zero attached hydrogens (tertiary/aromatic N) is 3. The van der Waals surface area contributed by atoms with Gasteiger partial charge >= 0.3 is 0 Å². The molecule has 3 nitrogen and oxygen atoms in total. The van der Waals surface area contributed by atoms with Crippen LogP contribution in [-0.4, -0.2) is 14.8 Å². The summed E-state index contributed by atoms with van der Waals surface area (Å²) in [5.41, 5.74) is 19.7. The lowest BCUT2D eigenvalue weighted by Gasteiger charge is -2.18. The monoisotopic (exact) mass is 803 g/mol. The number of aliphatic imine (C=N–C) groups is 1. The molecule has 2 aliphatic rings. The maximum atomic E-state index is 5.38. The van der Waals surface area contributed by atoms with Crippen LogP contribution in [0, 0.1) is 0 Å². The van der Waals surface area contributed by atoms with Crippen LogP contribution in [0.2, 0.25) is 0 Å². The van der Waals surface area contributed by atoms with Crippen molar-refractivity contribution in [2.24, 2.45) is 4.99 Å². The van der Waals surface area contributed by atoms with Crippen molar-refractivity contribution < 1.29 is 0 Å². The van der Waals surface area contributed by atoms with Crippen molar-refractivity contribution in [2.75, 3.05) is 0 Å². The van der Waals surface area contributed by atoms with Crippen LogP contribution in [0.25, 0.3) is 88.5 Å². The zero-order chi connectivity index (χ0) is 41.7. The molecule has 0 spiro atoms. The van der Waals surface area contributed by atoms with E-state index in [1.807, 2.05) is 12.2 Å². The van der Waals surface area contributed by atoms with Gasteiger partial charge in [0.1, 0.15) is 5.82 Å². The number of rotatable bonds is 7. The number of hydrogen-bond acceptors (Lipinski definition) is 1. The molecule has 0 amide bonds. The normalized spacial score (nSPS) is 14.9. The molecule has 2 aromatic heterocycles. The van der Waals surface area contributed by atoms with E-state index in [2.05, 4.69) is 233 Å². The summed E-state index contributed by atoms with van der Waals surface area (Å²) in [7, 11) is 0. The van der Waals surface area contributed by atoms with E-state index in [-0.39, 0.29) is 5.92 Å². The third-order valence-corrected chi connectivity index (χ3v) is 12.7. The summed E-state index contributed by atoms with van der Waals surface area (Å²) in [6.45, 7) is 0. The predicted molar refractivity (Wildman–Crippen MR) is 265 cm³/mol. The summed E-state index contributed by atoms with van der Waals surface area (Å²) in [5.74, 6) is 1.12. The third-order valence-electron chi connectivity index (χ3n) is 12.7. The summed E-state index contributed by atoms with van der Waals surface area (Å²) in [5, 5.41) is 4.87. The third kappa shape index (κ3) is 6.51. The molecule has 3 heterocycles. The van der Waals surface area contributed by atoms with Crippen molar-refractivity contribution in [1.82, 2.24) is 9.13 Å². The highest BCUT2D eigenvalue weighted by atomic mass is 15.1. The van der Waals surface area contributed by atoms with Gasteiger partial charge in [-0.05, 0) is 112 Å². The van der Waals surface area contributed by atoms with Crippen LogP contribution in [-0.2, 0) is 0 Å². The van der Waals surface area contributed by atoms with Gasteiger partial charge in [0.25, 0.3) is 0 Å². The Kier molecular flexibility index (Phi) is 8.92. The van der Waals surface area contributed by atoms with Crippen LogP contribution in [0.3, 0.4) is 0 Å². The van der Waals surface area contributed by atoms with E-state index in [4.69, 9.17) is 4.99 Å². The molecule has 0 bridgehead atoms. The van der Waals surface area contributed by atoms with Gasteiger partial charge < -0.3 is 4.57 Å². The largest absolute Gasteiger partial charge is 0.309 e. The average Bonchev–Trinajstić information content (AvgIpc) is 3.75. The van der Waals surface area contributed by atoms with Gasteiger partial charge in [0, 0.05) is 39.2 Å². The Morgan fingerprint density at radius 1 is 0.460 bits per heavy atom. The Morgan fingerprint density at radius 3 is 1.60 bits per heavy atom. The van der Waals surface area contributed by atoms with E-state index >= 15 is 0 Å². The lowest BCUT2D eigenvalue weighted by molar-refractivity contribution is 0.849. The lowest BCUT2D eigenvalue weighted by atomic mass is 9.87. The van der Waals surface area contributed by atoms with E-state index < -0.39 is 0 Å². The second-order valence-electron chi connectivity index (χ2n) is 16.4. The minimum Gasteiger partial charge on any atom is -0.309 e. The van der Waals surface area contributed by atoms with E-state index in [0.29, 0.717) is 0 Å². The topological polar surface area (TPSA) is 22.2 Å². The van der Waals surface area contributed by atoms with E-state index in [1.165, 1.54) is 71.5 Å². The predicted octanol–water partition coefficient (Wildman–Crippen LogP) is 15.5. The van der Waals surface area contributed by atoms with Gasteiger partial charge in [-0.1, -0.05) is 164 Å². The molecule has 1 atom stereocenters. The van der Waals surface area contributed by atoms with E-state index in [9.17, 15) is 0 Å². The summed E-state index contributed by atoms with van der Waals surface area (Å²) in [4.78, 5) is 5.38. The van der Waals surface area contributed by atoms with Crippen molar-refractivity contribution in [3.8, 4) is 39.1 Å². The van der Waals surface area contributed by atoms with Gasteiger partial charge in [0.05, 0.1) is 27.8 Å². The number of hydrogen-bond donors (Lipinski definition) is 0. The molecule has 63 heavy (non-hydrogen) atoms. The van der Waals surface area contributed by atoms with Gasteiger partial charge in [-0.25, -0.2) is 4.99 Å². The van der Waals surface area contributed by atoms with Crippen LogP contribution >= 0.6 is 0 Å². The van der Waals surface area contributed by atoms with E-state index in [0.717, 1.165) is 40.2 Å². The van der Waals surface area contributed by atoms with Gasteiger partial charge in [0.2, 0.25) is 0 Å². The van der Waals surface area contributed by atoms with Crippen LogP contribution in [0.4, 0.5) is 0 Å². The Balaban J connectivity index is 0.902. The standard InChI is InChI=1S/C60H41N3/c1-3-14-41(15-4-1)43-26-28-45(29-27-43)46-18-13-19-49(38-46)55-22-9-12-25-60(61-55)63-57-24-11-8-21-52(57)54-40-48(33-37-59(54)63)47-32-36-58-53(39-47)51-20-7-10-23-56(51)62(58)50-34-30-44(31-35-50)42-16-5-2-6-17-42/h1-8,10-17,19-40,46H,18H2. The molecule has 3 heteroatoms. The number of aromatic nitrogens is 2. The molecule has 1 unspecified atom stereocenters. The highest BCUT2D eigenvalue weighted by Gasteiger charge is 2.19. The zero-order valence-corrected chi connectivity index (χ0v) is 34.6. The summed E-state index contributed by atoms with van der Waals surface area (Å²) >= 11 is 0. The molecule has 12 rings (SSSR count). The zero-order valence-electron chi connectivity index (χ0n) is 34.6. The molecule has 0 saturated carbocycles. The number of allylic oxidation sites excluding steroid dienone is 6. The highest BCUT2D eigenvalue weighted by molar-refractivity contribution is 6.15. The first kappa shape index (κ1) is 36.6. The first-order chi connectivity index (χ1) is 31.2. The molecule has 296 valence electrons. The van der Waals surface area contributed by atoms with Crippen molar-refractivity contribution in [3.63, 3.8) is 0 Å². The van der Waals surface area contributed by atoms with Crippen molar-refractivity contribution >= 4 is 55.1 Å². The smallest absolute Gasteiger partial charge is 0.138 e. The quantitative estimate of drug-likeness (QED) is 0.143. The molecule has 1 aliphatic heterocycles. The fourth-order valence-corrected chi connectivity index (χ4v) is 9.62. The SMILES string of the molecule is C1=CC=C(n2c3ccccc3c3cc(-c4ccc5c(c4)c4ccccc4n5-c4ccc(-c5ccccc5)cc4)ccc32)N=C(C2=CC(c3ccc(-c4ccccc4)cc3)CC=C2)C=1. The molecule has 10 aromatic rings. The number of benzene rings is 8. The molecule has 8 aromatic carbocycles. The van der Waals surface area contributed by atoms with Crippen LogP contribution in [0.5, 0.6) is 0 Å². The van der Waals surface area contributed by atoms with Crippen molar-refractivity contribution in [2.45, 2.75) is 12.3 Å². The Hall–Kier alpha value is -8.23. The second kappa shape index (κ2) is 15.3. The maximum absolute atomic E-state index is 5.38. The molecule has 0 fully saturated rings. The molecule has 0 N–H and O–H groups in total. The average molecular weight is 804 g/mol. The molecule has 0 radical (unpaired) electrons. The second-order valence-corrected chi connectivity index (χ2v) is 16.4. The Morgan fingerprint density at radius 2 is 0.968 bits per heavy atom. The first-order valence-electron chi connectivity index (χ1n) is 21.7. The minimum absolute atomic E-state index is 0.263. The summed E-state index contributed by atoms with van der Waals surface area (Å²) < 4.78 is 4.69. The van der Waals surface area contributed by atoms with Crippen molar-refractivity contribution in [1.29, 1.82) is 0 Å². The summed E-state index contributed by atoms with van der Waals surface area (Å²) in [6, 6.07) is 70.3. The molecule has 0 saturated heterocycles. The maximum Gasteiger partial charge on any atom is 0.138 e. The van der Waals surface area contributed by atoms with Gasteiger partial charge in [-0.3, -0.25) is 4.57 Å². The van der Waals surface area contributed by atoms with Crippen LogP contribution in [0.15, 0.2) is 247 Å². The van der Waals surface area contributed by atoms with Crippen LogP contribution in [0.1, 0.15) is 17.9 Å². The summed E-state index contributed by atoms with van der Waals surface area (Å²) in [6.07, 6.45) is 13.9. The Bertz CT molecular complexity index is 3590. The minimum atomic E-state index is 0.263. The fraction of sp³-hybridized carbons (Fsp3) is 0.0333. The van der Waals surface area contributed by atoms with E-state index in [1.54, 1.807) is 0 Å². The van der Waals surface area contributed by atoms with Gasteiger partial charge in [-0.2, -0.15) is 0 Å². The van der Waals surface area contributed by atoms with Crippen molar-refractivity contribution in [3.05, 3.63) is 247 Å². The molecular weight excluding hydrogens is 763 g/mol. The number of para-hydroxylation sites is 2. The van der Waals surface area contributed by atoms with Gasteiger partial charge in [0.15, 0.2) is 0 Å². The highest BCUT2D eigenvalue weighted by Crippen LogP contribution is 2.39. The lowest BCUT2D eigenvalue weighted by Crippen LogP contribution is -2.06. The fourth-order valence-electron chi connectivity index (χ4n) is 9.62. The first-order valence-corrected chi connectivity index (χ1v) is 21.7. The Labute approximate surface area is 366 Å². The molecular formula is C60H41N3. The van der Waals surface area contributed by atoms with Gasteiger partial charge in [-0.15, -0.1) is 5.73 Å². The number of fused-ring (bicyclic) bond motifs is 6.